The Bertz CT molecular complexity index is 1430. The fourth-order valence-corrected chi connectivity index (χ4v) is 6.94. The second kappa shape index (κ2) is 11.0. The van der Waals surface area contributed by atoms with Crippen molar-refractivity contribution >= 4 is 44.8 Å². The molecule has 10 nitrogen and oxygen atoms in total. The van der Waals surface area contributed by atoms with E-state index in [0.29, 0.717) is 21.3 Å². The van der Waals surface area contributed by atoms with Gasteiger partial charge in [-0.2, -0.15) is 13.1 Å². The molecule has 13 heteroatoms. The normalized spacial score (nSPS) is 25.5. The van der Waals surface area contributed by atoms with Crippen molar-refractivity contribution in [1.29, 1.82) is 0 Å². The fraction of sp³-hybridized carbons (Fsp3) is 0.400. The molecular weight excluding hydrogens is 550 g/mol. The van der Waals surface area contributed by atoms with Crippen LogP contribution in [0.5, 0.6) is 0 Å². The highest BCUT2D eigenvalue weighted by molar-refractivity contribution is 7.84. The minimum absolute atomic E-state index is 0.219. The molecule has 3 heterocycles. The molecule has 2 fully saturated rings. The van der Waals surface area contributed by atoms with E-state index in [0.717, 1.165) is 30.5 Å². The molecule has 38 heavy (non-hydrogen) atoms. The lowest BCUT2D eigenvalue weighted by molar-refractivity contribution is 0.0636. The Morgan fingerprint density at radius 1 is 1.29 bits per heavy atom. The van der Waals surface area contributed by atoms with E-state index in [1.807, 2.05) is 35.7 Å². The van der Waals surface area contributed by atoms with Crippen molar-refractivity contribution < 1.29 is 22.5 Å². The Kier molecular flexibility index (Phi) is 7.83. The lowest BCUT2D eigenvalue weighted by Crippen LogP contribution is -2.37. The van der Waals surface area contributed by atoms with Gasteiger partial charge in [0.25, 0.3) is 0 Å². The summed E-state index contributed by atoms with van der Waals surface area (Å²) in [7, 11) is -2.71. The van der Waals surface area contributed by atoms with Gasteiger partial charge in [-0.05, 0) is 66.9 Å². The van der Waals surface area contributed by atoms with Gasteiger partial charge >= 0.3 is 10.3 Å². The van der Waals surface area contributed by atoms with Crippen LogP contribution in [0, 0.1) is 0 Å². The number of hydrogen-bond donors (Lipinski definition) is 4. The van der Waals surface area contributed by atoms with Gasteiger partial charge in [0.05, 0.1) is 22.1 Å². The Morgan fingerprint density at radius 2 is 2.13 bits per heavy atom. The zero-order valence-corrected chi connectivity index (χ0v) is 22.9. The molecule has 1 saturated carbocycles. The van der Waals surface area contributed by atoms with Crippen LogP contribution in [0.25, 0.3) is 0 Å². The number of nitrogens with zero attached hydrogens (tertiary/aromatic N) is 2. The van der Waals surface area contributed by atoms with Crippen molar-refractivity contribution in [3.8, 4) is 0 Å². The zero-order valence-electron chi connectivity index (χ0n) is 20.6. The van der Waals surface area contributed by atoms with E-state index in [1.165, 1.54) is 30.9 Å². The van der Waals surface area contributed by atoms with Crippen molar-refractivity contribution in [1.82, 2.24) is 20.0 Å². The Morgan fingerprint density at radius 3 is 2.87 bits per heavy atom. The molecule has 1 aliphatic carbocycles. The molecule has 0 amide bonds. The number of benzene rings is 1. The summed E-state index contributed by atoms with van der Waals surface area (Å²) in [5, 5.41) is 19.8. The van der Waals surface area contributed by atoms with Crippen LogP contribution in [0.2, 0.25) is 5.02 Å². The summed E-state index contributed by atoms with van der Waals surface area (Å²) in [6.45, 7) is 0.861. The maximum atomic E-state index is 13.6. The van der Waals surface area contributed by atoms with Crippen LogP contribution in [-0.2, 0) is 20.0 Å². The molecule has 1 aliphatic heterocycles. The number of hydrogen-bond acceptors (Lipinski definition) is 10. The van der Waals surface area contributed by atoms with Crippen molar-refractivity contribution in [3.05, 3.63) is 74.8 Å². The van der Waals surface area contributed by atoms with E-state index in [4.69, 9.17) is 15.8 Å². The Balaban J connectivity index is 1.37. The number of aliphatic hydroxyl groups excluding tert-OH is 1. The fourth-order valence-electron chi connectivity index (χ4n) is 5.18. The molecule has 0 unspecified atom stereocenters. The van der Waals surface area contributed by atoms with Gasteiger partial charge in [-0.15, -0.1) is 11.3 Å². The van der Waals surface area contributed by atoms with Crippen LogP contribution < -0.4 is 15.4 Å². The molecule has 1 aromatic carbocycles. The molecule has 202 valence electrons. The minimum Gasteiger partial charge on any atom is -0.390 e. The highest BCUT2D eigenvalue weighted by Gasteiger charge is 2.39. The molecule has 1 saturated heterocycles. The number of nitrogens with one attached hydrogen (secondary N) is 3. The van der Waals surface area contributed by atoms with E-state index in [9.17, 15) is 18.3 Å². The number of ketones is 1. The Hall–Kier alpha value is -2.45. The maximum Gasteiger partial charge on any atom is 0.335 e. The van der Waals surface area contributed by atoms with E-state index in [-0.39, 0.29) is 24.7 Å². The summed E-state index contributed by atoms with van der Waals surface area (Å²) < 4.78 is 30.6. The van der Waals surface area contributed by atoms with E-state index < -0.39 is 28.1 Å². The first-order valence-corrected chi connectivity index (χ1v) is 14.9. The summed E-state index contributed by atoms with van der Waals surface area (Å²) >= 11 is 7.65. The Labute approximate surface area is 230 Å². The van der Waals surface area contributed by atoms with Crippen LogP contribution >= 0.6 is 22.9 Å². The number of aliphatic hydroxyl groups is 1. The summed E-state index contributed by atoms with van der Waals surface area (Å²) in [6, 6.07) is 9.34. The number of thiophene rings is 1. The van der Waals surface area contributed by atoms with Crippen molar-refractivity contribution in [2.75, 3.05) is 18.9 Å². The lowest BCUT2D eigenvalue weighted by atomic mass is 9.83. The smallest absolute Gasteiger partial charge is 0.335 e. The van der Waals surface area contributed by atoms with Crippen LogP contribution in [0.3, 0.4) is 0 Å². The third-order valence-electron chi connectivity index (χ3n) is 7.06. The summed E-state index contributed by atoms with van der Waals surface area (Å²) in [5.41, 5.74) is 1.93. The average molecular weight is 578 g/mol. The first-order valence-electron chi connectivity index (χ1n) is 12.2. The summed E-state index contributed by atoms with van der Waals surface area (Å²) in [6.07, 6.45) is 3.23. The van der Waals surface area contributed by atoms with Crippen molar-refractivity contribution in [3.63, 3.8) is 0 Å². The number of halogens is 1. The first kappa shape index (κ1) is 27.1. The summed E-state index contributed by atoms with van der Waals surface area (Å²) in [4.78, 5) is 22.5. The van der Waals surface area contributed by atoms with E-state index in [1.54, 1.807) is 0 Å². The van der Waals surface area contributed by atoms with Crippen molar-refractivity contribution in [2.24, 2.45) is 0 Å². The summed E-state index contributed by atoms with van der Waals surface area (Å²) in [5.74, 6) is 0.0884. The number of aromatic nitrogens is 2. The maximum absolute atomic E-state index is 13.6. The molecule has 0 radical (unpaired) electrons. The van der Waals surface area contributed by atoms with Gasteiger partial charge < -0.3 is 15.7 Å². The predicted molar refractivity (Wildman–Crippen MR) is 145 cm³/mol. The predicted octanol–water partition coefficient (Wildman–Crippen LogP) is 2.83. The van der Waals surface area contributed by atoms with Crippen LogP contribution in [-0.4, -0.2) is 61.1 Å². The SMILES string of the molecule is CNS(=O)(=O)O[C@@H]1C[C@H](Nc2ncncc2C(=O)c2cc([C@]3(c4cccc(Cl)c4)CCCN3)cs2)C[C@@H]1O. The number of carbonyl (C=O) groups excluding carboxylic acids is 1. The van der Waals surface area contributed by atoms with Gasteiger partial charge in [0.15, 0.2) is 0 Å². The molecule has 5 rings (SSSR count). The first-order chi connectivity index (χ1) is 18.2. The third-order valence-corrected chi connectivity index (χ3v) is 9.22. The molecule has 3 aromatic rings. The standard InChI is InChI=1S/C25H28ClN5O5S2/c1-27-38(34,35)36-21-11-18(10-20(21)32)31-24-19(12-28-14-29-24)23(33)22-9-16(13-37-22)25(6-3-7-30-25)15-4-2-5-17(26)8-15/h2,4-5,8-9,12-14,18,20-21,27,30,32H,3,6-7,10-11H2,1H3,(H,28,29,31)/t18-,20+,21-,25-/m1/s1. The average Bonchev–Trinajstić information content (AvgIpc) is 3.65. The molecule has 0 spiro atoms. The molecule has 4 atom stereocenters. The molecule has 4 N–H and O–H groups in total. The number of rotatable bonds is 9. The molecule has 2 aliphatic rings. The van der Waals surface area contributed by atoms with Gasteiger partial charge in [0, 0.05) is 24.3 Å². The van der Waals surface area contributed by atoms with Gasteiger partial charge in [0.1, 0.15) is 18.2 Å². The van der Waals surface area contributed by atoms with Crippen LogP contribution in [0.1, 0.15) is 52.0 Å². The highest BCUT2D eigenvalue weighted by Crippen LogP contribution is 2.41. The van der Waals surface area contributed by atoms with E-state index >= 15 is 0 Å². The highest BCUT2D eigenvalue weighted by atomic mass is 35.5. The largest absolute Gasteiger partial charge is 0.390 e. The molecule has 0 bridgehead atoms. The number of anilines is 1. The van der Waals surface area contributed by atoms with Crippen molar-refractivity contribution in [2.45, 2.75) is 49.5 Å². The monoisotopic (exact) mass is 577 g/mol. The third kappa shape index (κ3) is 5.48. The van der Waals surface area contributed by atoms with E-state index in [2.05, 4.69) is 25.3 Å². The van der Waals surface area contributed by atoms with Gasteiger partial charge in [0.2, 0.25) is 5.78 Å². The van der Waals surface area contributed by atoms with Gasteiger partial charge in [-0.1, -0.05) is 23.7 Å². The number of carbonyl (C=O) groups is 1. The molecule has 2 aromatic heterocycles. The van der Waals surface area contributed by atoms with Gasteiger partial charge in [-0.25, -0.2) is 9.97 Å². The van der Waals surface area contributed by atoms with Crippen LogP contribution in [0.4, 0.5) is 5.82 Å². The second-order valence-corrected chi connectivity index (χ2v) is 12.3. The second-order valence-electron chi connectivity index (χ2n) is 9.43. The zero-order chi connectivity index (χ0) is 26.9. The van der Waals surface area contributed by atoms with Crippen LogP contribution in [0.15, 0.2) is 48.2 Å². The molecular formula is C25H28ClN5O5S2. The lowest BCUT2D eigenvalue weighted by Gasteiger charge is -2.30. The quantitative estimate of drug-likeness (QED) is 0.282. The van der Waals surface area contributed by atoms with Gasteiger partial charge in [-0.3, -0.25) is 8.98 Å². The minimum atomic E-state index is -3.95. The topological polar surface area (TPSA) is 143 Å².